The summed E-state index contributed by atoms with van der Waals surface area (Å²) < 4.78 is 13.2. The summed E-state index contributed by atoms with van der Waals surface area (Å²) in [5.74, 6) is -0.464. The van der Waals surface area contributed by atoms with E-state index < -0.39 is 5.82 Å². The van der Waals surface area contributed by atoms with Gasteiger partial charge in [0, 0.05) is 11.7 Å². The maximum absolute atomic E-state index is 13.2. The standard InChI is InChI=1S/C12H15FN2/c1-3-10(4-2)15-11-6-5-9(8-14)12(13)7-11/h5-7,10,15H,3-4H2,1-2H3. The molecule has 3 heteroatoms. The molecule has 0 saturated carbocycles. The molecule has 0 aliphatic rings. The Labute approximate surface area is 89.7 Å². The molecule has 0 saturated heterocycles. The summed E-state index contributed by atoms with van der Waals surface area (Å²) in [7, 11) is 0. The Balaban J connectivity index is 2.80. The molecule has 0 aliphatic carbocycles. The zero-order valence-electron chi connectivity index (χ0n) is 9.05. The fourth-order valence-corrected chi connectivity index (χ4v) is 1.42. The van der Waals surface area contributed by atoms with Crippen molar-refractivity contribution in [3.63, 3.8) is 0 Å². The molecule has 1 rings (SSSR count). The number of nitrogens with zero attached hydrogens (tertiary/aromatic N) is 1. The SMILES string of the molecule is CCC(CC)Nc1ccc(C#N)c(F)c1. The van der Waals surface area contributed by atoms with Gasteiger partial charge in [-0.15, -0.1) is 0 Å². The number of rotatable bonds is 4. The lowest BCUT2D eigenvalue weighted by molar-refractivity contribution is 0.622. The normalized spacial score (nSPS) is 10.1. The number of nitrogens with one attached hydrogen (secondary N) is 1. The van der Waals surface area contributed by atoms with Gasteiger partial charge in [-0.05, 0) is 31.0 Å². The van der Waals surface area contributed by atoms with Crippen molar-refractivity contribution in [3.05, 3.63) is 29.6 Å². The van der Waals surface area contributed by atoms with E-state index in [1.165, 1.54) is 12.1 Å². The predicted octanol–water partition coefficient (Wildman–Crippen LogP) is 3.30. The molecular formula is C12H15FN2. The van der Waals surface area contributed by atoms with Crippen LogP contribution in [0.4, 0.5) is 10.1 Å². The Kier molecular flexibility index (Phi) is 4.11. The lowest BCUT2D eigenvalue weighted by Crippen LogP contribution is -2.16. The lowest BCUT2D eigenvalue weighted by atomic mass is 10.1. The molecule has 2 nitrogen and oxygen atoms in total. The van der Waals surface area contributed by atoms with Gasteiger partial charge in [-0.3, -0.25) is 0 Å². The van der Waals surface area contributed by atoms with Crippen LogP contribution in [-0.2, 0) is 0 Å². The molecular weight excluding hydrogens is 191 g/mol. The molecule has 15 heavy (non-hydrogen) atoms. The third kappa shape index (κ3) is 2.95. The largest absolute Gasteiger partial charge is 0.382 e. The van der Waals surface area contributed by atoms with E-state index in [2.05, 4.69) is 19.2 Å². The van der Waals surface area contributed by atoms with E-state index in [0.29, 0.717) is 6.04 Å². The summed E-state index contributed by atoms with van der Waals surface area (Å²) in [6.45, 7) is 4.17. The van der Waals surface area contributed by atoms with Crippen LogP contribution in [0.3, 0.4) is 0 Å². The predicted molar refractivity (Wildman–Crippen MR) is 59.1 cm³/mol. The van der Waals surface area contributed by atoms with Gasteiger partial charge in [-0.1, -0.05) is 13.8 Å². The second-order valence-electron chi connectivity index (χ2n) is 3.46. The van der Waals surface area contributed by atoms with Crippen molar-refractivity contribution >= 4 is 5.69 Å². The molecule has 0 spiro atoms. The van der Waals surface area contributed by atoms with Crippen LogP contribution in [0.15, 0.2) is 18.2 Å². The molecule has 1 aromatic carbocycles. The lowest BCUT2D eigenvalue weighted by Gasteiger charge is -2.16. The maximum Gasteiger partial charge on any atom is 0.143 e. The molecule has 80 valence electrons. The van der Waals surface area contributed by atoms with Crippen LogP contribution >= 0.6 is 0 Å². The van der Waals surface area contributed by atoms with Crippen LogP contribution in [0.25, 0.3) is 0 Å². The summed E-state index contributed by atoms with van der Waals surface area (Å²) >= 11 is 0. The van der Waals surface area contributed by atoms with Gasteiger partial charge in [-0.2, -0.15) is 5.26 Å². The second-order valence-corrected chi connectivity index (χ2v) is 3.46. The van der Waals surface area contributed by atoms with Gasteiger partial charge in [-0.25, -0.2) is 4.39 Å². The van der Waals surface area contributed by atoms with Gasteiger partial charge in [0.1, 0.15) is 11.9 Å². The Bertz CT molecular complexity index is 364. The molecule has 0 bridgehead atoms. The summed E-state index contributed by atoms with van der Waals surface area (Å²) in [4.78, 5) is 0. The smallest absolute Gasteiger partial charge is 0.143 e. The average Bonchev–Trinajstić information content (AvgIpc) is 2.26. The minimum absolute atomic E-state index is 0.0881. The molecule has 0 amide bonds. The third-order valence-corrected chi connectivity index (χ3v) is 2.45. The van der Waals surface area contributed by atoms with E-state index in [4.69, 9.17) is 5.26 Å². The van der Waals surface area contributed by atoms with Crippen LogP contribution in [0.2, 0.25) is 0 Å². The molecule has 0 fully saturated rings. The highest BCUT2D eigenvalue weighted by atomic mass is 19.1. The second kappa shape index (κ2) is 5.35. The number of nitriles is 1. The molecule has 0 atom stereocenters. The van der Waals surface area contributed by atoms with E-state index in [1.807, 2.05) is 0 Å². The minimum atomic E-state index is -0.464. The quantitative estimate of drug-likeness (QED) is 0.820. The van der Waals surface area contributed by atoms with Gasteiger partial charge in [0.05, 0.1) is 5.56 Å². The highest BCUT2D eigenvalue weighted by Gasteiger charge is 2.06. The number of benzene rings is 1. The first-order valence-corrected chi connectivity index (χ1v) is 5.17. The fourth-order valence-electron chi connectivity index (χ4n) is 1.42. The van der Waals surface area contributed by atoms with Crippen molar-refractivity contribution in [1.29, 1.82) is 5.26 Å². The topological polar surface area (TPSA) is 35.8 Å². The number of anilines is 1. The van der Waals surface area contributed by atoms with Gasteiger partial charge >= 0.3 is 0 Å². The Morgan fingerprint density at radius 1 is 1.40 bits per heavy atom. The fraction of sp³-hybridized carbons (Fsp3) is 0.417. The maximum atomic E-state index is 13.2. The Morgan fingerprint density at radius 3 is 2.53 bits per heavy atom. The van der Waals surface area contributed by atoms with E-state index in [1.54, 1.807) is 12.1 Å². The van der Waals surface area contributed by atoms with Crippen LogP contribution in [0.1, 0.15) is 32.3 Å². The zero-order chi connectivity index (χ0) is 11.3. The number of hydrogen-bond acceptors (Lipinski definition) is 2. The molecule has 0 aliphatic heterocycles. The Morgan fingerprint density at radius 2 is 2.07 bits per heavy atom. The number of hydrogen-bond donors (Lipinski definition) is 1. The van der Waals surface area contributed by atoms with E-state index in [-0.39, 0.29) is 5.56 Å². The summed E-state index contributed by atoms with van der Waals surface area (Å²) in [5.41, 5.74) is 0.824. The van der Waals surface area contributed by atoms with Crippen LogP contribution < -0.4 is 5.32 Å². The first-order valence-electron chi connectivity index (χ1n) is 5.17. The number of halogens is 1. The average molecular weight is 206 g/mol. The Hall–Kier alpha value is -1.56. The van der Waals surface area contributed by atoms with Gasteiger partial charge in [0.25, 0.3) is 0 Å². The van der Waals surface area contributed by atoms with Crippen molar-refractivity contribution in [3.8, 4) is 6.07 Å². The van der Waals surface area contributed by atoms with Crippen molar-refractivity contribution < 1.29 is 4.39 Å². The van der Waals surface area contributed by atoms with Gasteiger partial charge < -0.3 is 5.32 Å². The van der Waals surface area contributed by atoms with Crippen molar-refractivity contribution in [2.75, 3.05) is 5.32 Å². The summed E-state index contributed by atoms with van der Waals surface area (Å²) in [6.07, 6.45) is 2.00. The first kappa shape index (κ1) is 11.5. The van der Waals surface area contributed by atoms with Crippen LogP contribution in [0.5, 0.6) is 0 Å². The van der Waals surface area contributed by atoms with Crippen molar-refractivity contribution in [2.45, 2.75) is 32.7 Å². The summed E-state index contributed by atoms with van der Waals surface area (Å²) in [5, 5.41) is 11.8. The monoisotopic (exact) mass is 206 g/mol. The van der Waals surface area contributed by atoms with Crippen molar-refractivity contribution in [2.24, 2.45) is 0 Å². The molecule has 1 aromatic rings. The highest BCUT2D eigenvalue weighted by molar-refractivity contribution is 5.48. The third-order valence-electron chi connectivity index (χ3n) is 2.45. The highest BCUT2D eigenvalue weighted by Crippen LogP contribution is 2.16. The minimum Gasteiger partial charge on any atom is -0.382 e. The van der Waals surface area contributed by atoms with E-state index >= 15 is 0 Å². The van der Waals surface area contributed by atoms with Crippen molar-refractivity contribution in [1.82, 2.24) is 0 Å². The molecule has 0 radical (unpaired) electrons. The van der Waals surface area contributed by atoms with Gasteiger partial charge in [0.15, 0.2) is 0 Å². The van der Waals surface area contributed by atoms with Gasteiger partial charge in [0.2, 0.25) is 0 Å². The van der Waals surface area contributed by atoms with E-state index in [0.717, 1.165) is 18.5 Å². The zero-order valence-corrected chi connectivity index (χ0v) is 9.05. The molecule has 0 aromatic heterocycles. The van der Waals surface area contributed by atoms with E-state index in [9.17, 15) is 4.39 Å². The first-order chi connectivity index (χ1) is 7.21. The molecule has 0 heterocycles. The van der Waals surface area contributed by atoms with Crippen LogP contribution in [-0.4, -0.2) is 6.04 Å². The summed E-state index contributed by atoms with van der Waals surface area (Å²) in [6, 6.07) is 6.77. The molecule has 0 unspecified atom stereocenters. The van der Waals surface area contributed by atoms with Crippen LogP contribution in [0, 0.1) is 17.1 Å². The molecule has 1 N–H and O–H groups in total.